The minimum absolute atomic E-state index is 0.282. The van der Waals surface area contributed by atoms with E-state index in [-0.39, 0.29) is 6.04 Å². The molecular weight excluding hydrogens is 364 g/mol. The van der Waals surface area contributed by atoms with Crippen LogP contribution >= 0.6 is 0 Å². The lowest BCUT2D eigenvalue weighted by atomic mass is 9.96. The van der Waals surface area contributed by atoms with Crippen LogP contribution in [-0.2, 0) is 38.1 Å². The Morgan fingerprint density at radius 2 is 1.44 bits per heavy atom. The van der Waals surface area contributed by atoms with Gasteiger partial charge in [0.15, 0.2) is 30.6 Å². The fourth-order valence-corrected chi connectivity index (χ4v) is 2.51. The van der Waals surface area contributed by atoms with Crippen LogP contribution in [0.15, 0.2) is 5.11 Å². The second-order valence-corrected chi connectivity index (χ2v) is 6.04. The molecule has 0 aliphatic carbocycles. The maximum Gasteiger partial charge on any atom is 0.303 e. The number of ether oxygens (including phenoxy) is 4. The molecule has 1 aliphatic heterocycles. The number of nitrogens with one attached hydrogen (secondary N) is 1. The Balaban J connectivity index is 3.40. The van der Waals surface area contributed by atoms with Crippen LogP contribution in [0.1, 0.15) is 34.6 Å². The molecule has 0 bridgehead atoms. The minimum atomic E-state index is -1.49. The molecule has 1 rings (SSSR count). The second-order valence-electron chi connectivity index (χ2n) is 6.04. The van der Waals surface area contributed by atoms with Gasteiger partial charge in [-0.15, -0.1) is 0 Å². The Kier molecular flexibility index (Phi) is 8.00. The van der Waals surface area contributed by atoms with Crippen molar-refractivity contribution in [3.05, 3.63) is 10.4 Å². The molecular formula is C15H22N4O8. The van der Waals surface area contributed by atoms with E-state index < -0.39 is 54.5 Å². The fraction of sp³-hybridized carbons (Fsp3) is 0.733. The summed E-state index contributed by atoms with van der Waals surface area (Å²) >= 11 is 0. The number of carbonyl (C=O) groups excluding carboxylic acids is 4. The first-order chi connectivity index (χ1) is 12.6. The van der Waals surface area contributed by atoms with Crippen LogP contribution in [0.3, 0.4) is 0 Å². The Bertz CT molecular complexity index is 646. The third-order valence-corrected chi connectivity index (χ3v) is 3.27. The summed E-state index contributed by atoms with van der Waals surface area (Å²) in [6.07, 6.45) is -7.24. The number of azide groups is 1. The molecule has 1 N–H and O–H groups in total. The van der Waals surface area contributed by atoms with E-state index in [1.165, 1.54) is 0 Å². The fourth-order valence-electron chi connectivity index (χ4n) is 2.51. The van der Waals surface area contributed by atoms with Gasteiger partial charge < -0.3 is 24.3 Å². The maximum atomic E-state index is 12.5. The van der Waals surface area contributed by atoms with Gasteiger partial charge in [0.2, 0.25) is 0 Å². The van der Waals surface area contributed by atoms with Crippen molar-refractivity contribution in [2.75, 3.05) is 0 Å². The summed E-state index contributed by atoms with van der Waals surface area (Å²) in [6.45, 7) is 6.63. The van der Waals surface area contributed by atoms with Crippen LogP contribution in [-0.4, -0.2) is 60.5 Å². The summed E-state index contributed by atoms with van der Waals surface area (Å²) in [4.78, 5) is 49.6. The number of esters is 3. The van der Waals surface area contributed by atoms with Gasteiger partial charge in [-0.2, -0.15) is 0 Å². The van der Waals surface area contributed by atoms with Gasteiger partial charge in [-0.1, -0.05) is 5.11 Å². The summed E-state index contributed by atoms with van der Waals surface area (Å²) < 4.78 is 20.8. The van der Waals surface area contributed by atoms with E-state index in [1.807, 2.05) is 0 Å². The lowest BCUT2D eigenvalue weighted by Gasteiger charge is -2.42. The summed E-state index contributed by atoms with van der Waals surface area (Å²) in [5.41, 5.74) is 8.76. The molecule has 0 spiro atoms. The van der Waals surface area contributed by atoms with Crippen molar-refractivity contribution in [1.82, 2.24) is 5.32 Å². The number of rotatable bonds is 6. The molecule has 150 valence electrons. The number of hydrogen-bond acceptors (Lipinski definition) is 9. The molecule has 0 aromatic heterocycles. The molecule has 12 nitrogen and oxygen atoms in total. The zero-order valence-corrected chi connectivity index (χ0v) is 15.6. The lowest BCUT2D eigenvalue weighted by Crippen LogP contribution is -2.64. The molecule has 0 radical (unpaired) electrons. The van der Waals surface area contributed by atoms with Crippen molar-refractivity contribution in [2.45, 2.75) is 71.3 Å². The summed E-state index contributed by atoms with van der Waals surface area (Å²) in [5.74, 6) is -3.05. The molecule has 1 amide bonds. The smallest absolute Gasteiger partial charge is 0.303 e. The first-order valence-corrected chi connectivity index (χ1v) is 8.08. The van der Waals surface area contributed by atoms with Crippen molar-refractivity contribution in [3.8, 4) is 0 Å². The highest BCUT2D eigenvalue weighted by molar-refractivity contribution is 5.82. The predicted octanol–water partition coefficient (Wildman–Crippen LogP) is 0.341. The number of hydrogen-bond donors (Lipinski definition) is 1. The highest BCUT2D eigenvalue weighted by Gasteiger charge is 2.54. The van der Waals surface area contributed by atoms with Crippen molar-refractivity contribution in [3.63, 3.8) is 0 Å². The summed E-state index contributed by atoms with van der Waals surface area (Å²) in [6, 6.07) is -0.282. The van der Waals surface area contributed by atoms with Crippen LogP contribution < -0.4 is 5.32 Å². The topological polar surface area (TPSA) is 166 Å². The molecule has 1 heterocycles. The minimum Gasteiger partial charge on any atom is -0.455 e. The van der Waals surface area contributed by atoms with Crippen molar-refractivity contribution in [2.24, 2.45) is 5.11 Å². The molecule has 0 unspecified atom stereocenters. The molecule has 5 atom stereocenters. The molecule has 1 fully saturated rings. The zero-order valence-electron chi connectivity index (χ0n) is 15.6. The van der Waals surface area contributed by atoms with Crippen LogP contribution in [0.4, 0.5) is 0 Å². The third-order valence-electron chi connectivity index (χ3n) is 3.27. The number of carbonyl (C=O) groups is 4. The van der Waals surface area contributed by atoms with Gasteiger partial charge in [0.05, 0.1) is 0 Å². The van der Waals surface area contributed by atoms with Crippen molar-refractivity contribution >= 4 is 23.8 Å². The normalized spacial score (nSPS) is 27.1. The number of amides is 1. The first kappa shape index (κ1) is 22.2. The first-order valence-electron chi connectivity index (χ1n) is 8.08. The molecule has 1 saturated heterocycles. The van der Waals surface area contributed by atoms with Crippen LogP contribution in [0.2, 0.25) is 0 Å². The van der Waals surface area contributed by atoms with Gasteiger partial charge >= 0.3 is 17.9 Å². The zero-order chi connectivity index (χ0) is 20.7. The average Bonchev–Trinajstić information content (AvgIpc) is 2.50. The van der Waals surface area contributed by atoms with Gasteiger partial charge in [-0.25, -0.2) is 0 Å². The highest BCUT2D eigenvalue weighted by Crippen LogP contribution is 2.30. The molecule has 0 aromatic carbocycles. The van der Waals surface area contributed by atoms with Crippen molar-refractivity contribution in [1.29, 1.82) is 0 Å². The monoisotopic (exact) mass is 386 g/mol. The van der Waals surface area contributed by atoms with Gasteiger partial charge in [0, 0.05) is 31.7 Å². The third kappa shape index (κ3) is 6.42. The van der Waals surface area contributed by atoms with Gasteiger partial charge in [0.25, 0.3) is 5.91 Å². The van der Waals surface area contributed by atoms with Gasteiger partial charge in [-0.05, 0) is 19.4 Å². The summed E-state index contributed by atoms with van der Waals surface area (Å²) in [7, 11) is 0. The lowest BCUT2D eigenvalue weighted by molar-refractivity contribution is -0.242. The van der Waals surface area contributed by atoms with E-state index >= 15 is 0 Å². The molecule has 1 aliphatic rings. The Morgan fingerprint density at radius 1 is 0.963 bits per heavy atom. The van der Waals surface area contributed by atoms with Crippen molar-refractivity contribution < 1.29 is 38.1 Å². The number of nitrogens with zero attached hydrogens (tertiary/aromatic N) is 3. The van der Waals surface area contributed by atoms with Gasteiger partial charge in [-0.3, -0.25) is 19.2 Å². The predicted molar refractivity (Wildman–Crippen MR) is 87.7 cm³/mol. The van der Waals surface area contributed by atoms with E-state index in [9.17, 15) is 19.2 Å². The van der Waals surface area contributed by atoms with Crippen LogP contribution in [0, 0.1) is 0 Å². The van der Waals surface area contributed by atoms with Crippen LogP contribution in [0.25, 0.3) is 10.4 Å². The highest BCUT2D eigenvalue weighted by atomic mass is 16.7. The van der Waals surface area contributed by atoms with Gasteiger partial charge in [0.1, 0.15) is 0 Å². The Hall–Kier alpha value is -2.85. The average molecular weight is 386 g/mol. The van der Waals surface area contributed by atoms with E-state index in [2.05, 4.69) is 15.3 Å². The Morgan fingerprint density at radius 3 is 1.89 bits per heavy atom. The Labute approximate surface area is 155 Å². The second kappa shape index (κ2) is 9.74. The van der Waals surface area contributed by atoms with E-state index in [0.29, 0.717) is 0 Å². The van der Waals surface area contributed by atoms with E-state index in [1.54, 1.807) is 13.8 Å². The largest absolute Gasteiger partial charge is 0.455 e. The molecule has 27 heavy (non-hydrogen) atoms. The standard InChI is InChI=1S/C15H22N4O8/c1-6(2)17-14(23)12-10(24-7(3)20)11(25-8(4)21)13(26-9(5)22)15(27-12)18-19-16/h6,10-13,15H,1-5H3,(H,17,23)/t10-,11-,12-,13+,15-/m0/s1. The van der Waals surface area contributed by atoms with Crippen LogP contribution in [0.5, 0.6) is 0 Å². The SMILES string of the molecule is CC(=O)O[C@@H]1[C@@H](OC(C)=O)[C@@H](N=[N+]=[N-])O[C@H](C(=O)NC(C)C)[C@H]1OC(C)=O. The molecule has 0 saturated carbocycles. The quantitative estimate of drug-likeness (QED) is 0.224. The summed E-state index contributed by atoms with van der Waals surface area (Å²) in [5, 5.41) is 5.94. The van der Waals surface area contributed by atoms with E-state index in [4.69, 9.17) is 24.5 Å². The molecule has 0 aromatic rings. The van der Waals surface area contributed by atoms with E-state index in [0.717, 1.165) is 20.8 Å². The molecule has 12 heteroatoms. The maximum absolute atomic E-state index is 12.5.